The van der Waals surface area contributed by atoms with Crippen LogP contribution >= 0.6 is 0 Å². The van der Waals surface area contributed by atoms with Crippen molar-refractivity contribution >= 4 is 17.0 Å². The molecule has 0 saturated heterocycles. The Labute approximate surface area is 202 Å². The van der Waals surface area contributed by atoms with E-state index in [0.29, 0.717) is 22.5 Å². The summed E-state index contributed by atoms with van der Waals surface area (Å²) < 4.78 is 21.0. The van der Waals surface area contributed by atoms with Crippen molar-refractivity contribution in [2.45, 2.75) is 52.1 Å². The van der Waals surface area contributed by atoms with Crippen molar-refractivity contribution in [3.05, 3.63) is 59.7 Å². The van der Waals surface area contributed by atoms with E-state index >= 15 is 4.39 Å². The molecule has 0 spiro atoms. The molecule has 0 atom stereocenters. The average Bonchev–Trinajstić information content (AvgIpc) is 3.24. The quantitative estimate of drug-likeness (QED) is 0.363. The van der Waals surface area contributed by atoms with Crippen LogP contribution in [0.25, 0.3) is 33.5 Å². The molecule has 2 heterocycles. The van der Waals surface area contributed by atoms with Crippen molar-refractivity contribution in [1.29, 1.82) is 0 Å². The predicted octanol–water partition coefficient (Wildman–Crippen LogP) is 5.86. The highest BCUT2D eigenvalue weighted by molar-refractivity contribution is 5.83. The average molecular weight is 475 g/mol. The van der Waals surface area contributed by atoms with Crippen LogP contribution in [0.5, 0.6) is 6.01 Å². The Morgan fingerprint density at radius 3 is 2.51 bits per heavy atom. The predicted molar refractivity (Wildman–Crippen MR) is 131 cm³/mol. The van der Waals surface area contributed by atoms with Crippen LogP contribution in [0.2, 0.25) is 0 Å². The third-order valence-electron chi connectivity index (χ3n) is 6.64. The number of nitrogens with zero attached hydrogens (tertiary/aromatic N) is 3. The fourth-order valence-corrected chi connectivity index (χ4v) is 4.86. The third kappa shape index (κ3) is 5.01. The standard InChI is InChI=1S/C27H27FN4O3/c1-15-9-16(2)25-23(10-15)31-26(32-25)21-8-5-18(12-22(21)28)19-13-29-27(30-14-19)35-20-6-3-17(4-7-20)11-24(33)34/h5,8-10,12-14,17,20H,3-4,6-7,11H2,1-2H3,(H,31,32)(H,33,34). The molecule has 0 amide bonds. The first-order valence-electron chi connectivity index (χ1n) is 11.8. The van der Waals surface area contributed by atoms with Crippen molar-refractivity contribution in [3.63, 3.8) is 0 Å². The highest BCUT2D eigenvalue weighted by atomic mass is 19.1. The smallest absolute Gasteiger partial charge is 0.316 e. The summed E-state index contributed by atoms with van der Waals surface area (Å²) in [6.07, 6.45) is 6.67. The van der Waals surface area contributed by atoms with Gasteiger partial charge in [0.05, 0.1) is 16.6 Å². The van der Waals surface area contributed by atoms with E-state index in [9.17, 15) is 4.79 Å². The van der Waals surface area contributed by atoms with E-state index < -0.39 is 5.97 Å². The summed E-state index contributed by atoms with van der Waals surface area (Å²) >= 11 is 0. The summed E-state index contributed by atoms with van der Waals surface area (Å²) in [6.45, 7) is 4.02. The van der Waals surface area contributed by atoms with Crippen molar-refractivity contribution in [3.8, 4) is 28.5 Å². The molecule has 2 N–H and O–H groups in total. The van der Waals surface area contributed by atoms with Gasteiger partial charge in [-0.15, -0.1) is 0 Å². The minimum atomic E-state index is -0.750. The minimum absolute atomic E-state index is 0.0149. The van der Waals surface area contributed by atoms with E-state index in [1.165, 1.54) is 6.07 Å². The number of halogens is 1. The van der Waals surface area contributed by atoms with Gasteiger partial charge in [-0.3, -0.25) is 4.79 Å². The summed E-state index contributed by atoms with van der Waals surface area (Å²) in [5, 5.41) is 8.95. The van der Waals surface area contributed by atoms with Gasteiger partial charge in [0.15, 0.2) is 0 Å². The normalized spacial score (nSPS) is 18.0. The lowest BCUT2D eigenvalue weighted by Gasteiger charge is -2.27. The summed E-state index contributed by atoms with van der Waals surface area (Å²) in [6, 6.07) is 9.35. The fourth-order valence-electron chi connectivity index (χ4n) is 4.86. The van der Waals surface area contributed by atoms with Gasteiger partial charge in [-0.2, -0.15) is 0 Å². The lowest BCUT2D eigenvalue weighted by atomic mass is 9.85. The first-order chi connectivity index (χ1) is 16.9. The van der Waals surface area contributed by atoms with Gasteiger partial charge < -0.3 is 14.8 Å². The molecule has 2 aromatic heterocycles. The molecule has 1 aliphatic rings. The third-order valence-corrected chi connectivity index (χ3v) is 6.64. The molecule has 0 radical (unpaired) electrons. The van der Waals surface area contributed by atoms with Crippen molar-refractivity contribution < 1.29 is 19.0 Å². The maximum atomic E-state index is 15.1. The van der Waals surface area contributed by atoms with Crippen molar-refractivity contribution in [2.75, 3.05) is 0 Å². The van der Waals surface area contributed by atoms with Gasteiger partial charge in [0.2, 0.25) is 0 Å². The Morgan fingerprint density at radius 1 is 1.09 bits per heavy atom. The van der Waals surface area contributed by atoms with Gasteiger partial charge in [-0.05, 0) is 80.3 Å². The Balaban J connectivity index is 1.28. The fraction of sp³-hybridized carbons (Fsp3) is 0.333. The summed E-state index contributed by atoms with van der Waals surface area (Å²) in [5.41, 5.74) is 5.65. The maximum absolute atomic E-state index is 15.1. The van der Waals surface area contributed by atoms with Crippen LogP contribution in [0, 0.1) is 25.6 Å². The number of aromatic amines is 1. The zero-order chi connectivity index (χ0) is 24.5. The molecular weight excluding hydrogens is 447 g/mol. The van der Waals surface area contributed by atoms with Gasteiger partial charge in [0.1, 0.15) is 17.7 Å². The first kappa shape index (κ1) is 23.0. The number of hydrogen-bond acceptors (Lipinski definition) is 5. The number of carboxylic acids is 1. The monoisotopic (exact) mass is 474 g/mol. The molecule has 35 heavy (non-hydrogen) atoms. The summed E-state index contributed by atoms with van der Waals surface area (Å²) in [4.78, 5) is 27.3. The summed E-state index contributed by atoms with van der Waals surface area (Å²) in [7, 11) is 0. The molecule has 1 aliphatic carbocycles. The van der Waals surface area contributed by atoms with Gasteiger partial charge in [0, 0.05) is 24.4 Å². The Kier molecular flexibility index (Phi) is 6.19. The Morgan fingerprint density at radius 2 is 1.83 bits per heavy atom. The van der Waals surface area contributed by atoms with Crippen LogP contribution in [0.3, 0.4) is 0 Å². The van der Waals surface area contributed by atoms with Gasteiger partial charge in [0.25, 0.3) is 0 Å². The minimum Gasteiger partial charge on any atom is -0.481 e. The SMILES string of the molecule is Cc1cc(C)c2nc(-c3ccc(-c4cnc(OC5CCC(CC(=O)O)CC5)nc4)cc3F)[nH]c2c1. The number of ether oxygens (including phenoxy) is 1. The van der Waals surface area contributed by atoms with Gasteiger partial charge in [-0.1, -0.05) is 12.1 Å². The molecule has 7 nitrogen and oxygen atoms in total. The molecule has 0 unspecified atom stereocenters. The highest BCUT2D eigenvalue weighted by Crippen LogP contribution is 2.31. The number of aliphatic carboxylic acids is 1. The topological polar surface area (TPSA) is 101 Å². The number of H-pyrrole nitrogens is 1. The van der Waals surface area contributed by atoms with E-state index in [0.717, 1.165) is 47.8 Å². The first-order valence-corrected chi connectivity index (χ1v) is 11.8. The molecule has 180 valence electrons. The van der Waals surface area contributed by atoms with Crippen LogP contribution in [0.1, 0.15) is 43.2 Å². The number of imidazole rings is 1. The van der Waals surface area contributed by atoms with Crippen LogP contribution in [0.15, 0.2) is 42.7 Å². The van der Waals surface area contributed by atoms with E-state index in [-0.39, 0.29) is 30.3 Å². The lowest BCUT2D eigenvalue weighted by molar-refractivity contribution is -0.138. The van der Waals surface area contributed by atoms with Crippen molar-refractivity contribution in [1.82, 2.24) is 19.9 Å². The van der Waals surface area contributed by atoms with Gasteiger partial charge in [-0.25, -0.2) is 19.3 Å². The number of carbonyl (C=O) groups is 1. The van der Waals surface area contributed by atoms with Gasteiger partial charge >= 0.3 is 12.0 Å². The summed E-state index contributed by atoms with van der Waals surface area (Å²) in [5.74, 6) is -0.424. The van der Waals surface area contributed by atoms with Crippen LogP contribution in [-0.4, -0.2) is 37.1 Å². The number of hydrogen-bond donors (Lipinski definition) is 2. The second-order valence-corrected chi connectivity index (χ2v) is 9.37. The number of aryl methyl sites for hydroxylation is 2. The molecule has 1 saturated carbocycles. The molecule has 1 fully saturated rings. The number of carboxylic acid groups (broad SMARTS) is 1. The van der Waals surface area contributed by atoms with E-state index in [1.54, 1.807) is 18.5 Å². The second-order valence-electron chi connectivity index (χ2n) is 9.37. The Bertz CT molecular complexity index is 1380. The van der Waals surface area contributed by atoms with Crippen LogP contribution < -0.4 is 4.74 Å². The number of benzene rings is 2. The number of rotatable bonds is 6. The molecule has 2 aromatic carbocycles. The zero-order valence-electron chi connectivity index (χ0n) is 19.7. The van der Waals surface area contributed by atoms with Crippen LogP contribution in [0.4, 0.5) is 4.39 Å². The van der Waals surface area contributed by atoms with E-state index in [1.807, 2.05) is 26.0 Å². The molecular formula is C27H27FN4O3. The van der Waals surface area contributed by atoms with Crippen molar-refractivity contribution in [2.24, 2.45) is 5.92 Å². The maximum Gasteiger partial charge on any atom is 0.316 e. The Hall–Kier alpha value is -3.81. The zero-order valence-corrected chi connectivity index (χ0v) is 19.7. The van der Waals surface area contributed by atoms with Crippen LogP contribution in [-0.2, 0) is 4.79 Å². The highest BCUT2D eigenvalue weighted by Gasteiger charge is 2.24. The molecule has 5 rings (SSSR count). The number of nitrogens with one attached hydrogen (secondary N) is 1. The largest absolute Gasteiger partial charge is 0.481 e. The molecule has 0 aliphatic heterocycles. The van der Waals surface area contributed by atoms with E-state index in [4.69, 9.17) is 9.84 Å². The number of aromatic nitrogens is 4. The lowest BCUT2D eigenvalue weighted by Crippen LogP contribution is -2.25. The molecule has 0 bridgehead atoms. The number of fused-ring (bicyclic) bond motifs is 1. The second kappa shape index (κ2) is 9.44. The molecule has 4 aromatic rings. The molecule has 8 heteroatoms. The van der Waals surface area contributed by atoms with E-state index in [2.05, 4.69) is 26.0 Å².